The van der Waals surface area contributed by atoms with Crippen molar-refractivity contribution in [2.75, 3.05) is 0 Å². The van der Waals surface area contributed by atoms with Gasteiger partial charge in [-0.25, -0.2) is 0 Å². The van der Waals surface area contributed by atoms with Gasteiger partial charge in [-0.15, -0.1) is 0 Å². The molecule has 13 heavy (non-hydrogen) atoms. The molecule has 1 fully saturated rings. The van der Waals surface area contributed by atoms with E-state index < -0.39 is 0 Å². The van der Waals surface area contributed by atoms with Crippen LogP contribution in [0, 0.1) is 0 Å². The molecule has 0 saturated carbocycles. The van der Waals surface area contributed by atoms with Gasteiger partial charge in [-0.2, -0.15) is 0 Å². The Morgan fingerprint density at radius 3 is 2.00 bits per heavy atom. The Hall–Kier alpha value is 0.0649. The van der Waals surface area contributed by atoms with Crippen molar-refractivity contribution in [3.63, 3.8) is 0 Å². The smallest absolute Gasteiger partial charge is 0.0737 e. The predicted molar refractivity (Wildman–Crippen MR) is 62.8 cm³/mol. The molecule has 1 rings (SSSR count). The standard InChI is InChI=1S/C12H25B/c1-4-9-12(2,3)13-10-7-5-6-8-11-13/h4-11H2,1-3H3. The van der Waals surface area contributed by atoms with Gasteiger partial charge in [0, 0.05) is 0 Å². The molecular weight excluding hydrogens is 155 g/mol. The highest BCUT2D eigenvalue weighted by Crippen LogP contribution is 2.40. The van der Waals surface area contributed by atoms with E-state index in [4.69, 9.17) is 0 Å². The topological polar surface area (TPSA) is 0 Å². The van der Waals surface area contributed by atoms with E-state index in [1.54, 1.807) is 0 Å². The number of rotatable bonds is 3. The lowest BCUT2D eigenvalue weighted by molar-refractivity contribution is 0.576. The van der Waals surface area contributed by atoms with Crippen LogP contribution >= 0.6 is 0 Å². The maximum atomic E-state index is 2.48. The Balaban J connectivity index is 2.46. The molecule has 0 nitrogen and oxygen atoms in total. The van der Waals surface area contributed by atoms with Crippen LogP contribution < -0.4 is 0 Å². The van der Waals surface area contributed by atoms with E-state index in [9.17, 15) is 0 Å². The zero-order valence-corrected chi connectivity index (χ0v) is 9.73. The minimum absolute atomic E-state index is 0.610. The third-order valence-corrected chi connectivity index (χ3v) is 3.85. The number of hydrogen-bond donors (Lipinski definition) is 0. The van der Waals surface area contributed by atoms with Crippen LogP contribution in [0.25, 0.3) is 0 Å². The Bertz CT molecular complexity index is 132. The van der Waals surface area contributed by atoms with Gasteiger partial charge in [-0.05, 0) is 0 Å². The summed E-state index contributed by atoms with van der Waals surface area (Å²) < 4.78 is 0. The van der Waals surface area contributed by atoms with Crippen molar-refractivity contribution in [2.24, 2.45) is 0 Å². The van der Waals surface area contributed by atoms with Gasteiger partial charge in [-0.3, -0.25) is 0 Å². The average molecular weight is 180 g/mol. The molecule has 0 radical (unpaired) electrons. The van der Waals surface area contributed by atoms with Gasteiger partial charge in [-0.1, -0.05) is 77.3 Å². The molecule has 0 aromatic heterocycles. The number of hydrogen-bond acceptors (Lipinski definition) is 0. The van der Waals surface area contributed by atoms with Crippen molar-refractivity contribution >= 4 is 6.71 Å². The summed E-state index contributed by atoms with van der Waals surface area (Å²) in [7, 11) is 0. The van der Waals surface area contributed by atoms with Gasteiger partial charge >= 0.3 is 0 Å². The van der Waals surface area contributed by atoms with Crippen LogP contribution in [-0.2, 0) is 0 Å². The highest BCUT2D eigenvalue weighted by atomic mass is 14.2. The lowest BCUT2D eigenvalue weighted by Gasteiger charge is -2.31. The molecule has 1 aliphatic heterocycles. The second-order valence-corrected chi connectivity index (χ2v) is 5.43. The van der Waals surface area contributed by atoms with Crippen LogP contribution in [-0.4, -0.2) is 6.71 Å². The Morgan fingerprint density at radius 1 is 1.00 bits per heavy atom. The fourth-order valence-electron chi connectivity index (χ4n) is 2.91. The molecule has 1 heteroatoms. The van der Waals surface area contributed by atoms with Crippen molar-refractivity contribution < 1.29 is 0 Å². The van der Waals surface area contributed by atoms with Gasteiger partial charge in [0.1, 0.15) is 6.71 Å². The first-order valence-corrected chi connectivity index (χ1v) is 6.17. The van der Waals surface area contributed by atoms with E-state index in [0.717, 1.165) is 6.71 Å². The summed E-state index contributed by atoms with van der Waals surface area (Å²) in [6.45, 7) is 8.28. The molecule has 0 aromatic rings. The predicted octanol–water partition coefficient (Wildman–Crippen LogP) is 4.64. The maximum Gasteiger partial charge on any atom is 0.145 e. The fraction of sp³-hybridized carbons (Fsp3) is 1.00. The molecule has 0 aromatic carbocycles. The molecule has 0 atom stereocenters. The molecule has 1 saturated heterocycles. The van der Waals surface area contributed by atoms with E-state index >= 15 is 0 Å². The summed E-state index contributed by atoms with van der Waals surface area (Å²) in [6, 6.07) is 0. The van der Waals surface area contributed by atoms with E-state index in [2.05, 4.69) is 20.8 Å². The molecule has 0 unspecified atom stereocenters. The van der Waals surface area contributed by atoms with Crippen molar-refractivity contribution in [3.05, 3.63) is 0 Å². The summed E-state index contributed by atoms with van der Waals surface area (Å²) >= 11 is 0. The normalized spacial score (nSPS) is 20.1. The quantitative estimate of drug-likeness (QED) is 0.555. The van der Waals surface area contributed by atoms with Gasteiger partial charge < -0.3 is 0 Å². The van der Waals surface area contributed by atoms with Gasteiger partial charge in [0.05, 0.1) is 0 Å². The van der Waals surface area contributed by atoms with Crippen LogP contribution in [0.3, 0.4) is 0 Å². The fourth-order valence-corrected chi connectivity index (χ4v) is 2.91. The molecular formula is C12H25B. The summed E-state index contributed by atoms with van der Waals surface area (Å²) in [5, 5.41) is 0.610. The lowest BCUT2D eigenvalue weighted by atomic mass is 9.30. The van der Waals surface area contributed by atoms with E-state index in [0.29, 0.717) is 5.31 Å². The minimum Gasteiger partial charge on any atom is -0.0737 e. The second kappa shape index (κ2) is 5.07. The molecule has 0 bridgehead atoms. The summed E-state index contributed by atoms with van der Waals surface area (Å²) in [5.74, 6) is 0. The summed E-state index contributed by atoms with van der Waals surface area (Å²) in [6.07, 6.45) is 11.7. The van der Waals surface area contributed by atoms with E-state index in [-0.39, 0.29) is 0 Å². The first kappa shape index (κ1) is 11.1. The highest BCUT2D eigenvalue weighted by molar-refractivity contribution is 6.62. The van der Waals surface area contributed by atoms with Crippen LogP contribution in [0.15, 0.2) is 0 Å². The molecule has 76 valence electrons. The van der Waals surface area contributed by atoms with Crippen molar-refractivity contribution in [3.8, 4) is 0 Å². The van der Waals surface area contributed by atoms with Crippen LogP contribution in [0.4, 0.5) is 0 Å². The second-order valence-electron chi connectivity index (χ2n) is 5.43. The van der Waals surface area contributed by atoms with E-state index in [1.165, 1.54) is 51.2 Å². The van der Waals surface area contributed by atoms with Crippen molar-refractivity contribution in [1.82, 2.24) is 0 Å². The van der Waals surface area contributed by atoms with Crippen LogP contribution in [0.2, 0.25) is 18.0 Å². The Kier molecular flexibility index (Phi) is 4.35. The zero-order valence-electron chi connectivity index (χ0n) is 9.73. The average Bonchev–Trinajstić information content (AvgIpc) is 2.31. The zero-order chi connectivity index (χ0) is 9.73. The van der Waals surface area contributed by atoms with Gasteiger partial charge in [0.15, 0.2) is 0 Å². The maximum absolute atomic E-state index is 2.48. The molecule has 0 aliphatic carbocycles. The Morgan fingerprint density at radius 2 is 1.54 bits per heavy atom. The van der Waals surface area contributed by atoms with Crippen LogP contribution in [0.5, 0.6) is 0 Å². The van der Waals surface area contributed by atoms with E-state index in [1.807, 2.05) is 0 Å². The minimum atomic E-state index is 0.610. The molecule has 1 heterocycles. The lowest BCUT2D eigenvalue weighted by Crippen LogP contribution is -2.26. The summed E-state index contributed by atoms with van der Waals surface area (Å²) in [4.78, 5) is 0. The first-order valence-electron chi connectivity index (χ1n) is 6.17. The SMILES string of the molecule is CCCC(C)(C)B1CCCCCC1. The summed E-state index contributed by atoms with van der Waals surface area (Å²) in [5.41, 5.74) is 0. The first-order chi connectivity index (χ1) is 6.17. The highest BCUT2D eigenvalue weighted by Gasteiger charge is 2.31. The molecule has 0 amide bonds. The van der Waals surface area contributed by atoms with Crippen molar-refractivity contribution in [1.29, 1.82) is 0 Å². The van der Waals surface area contributed by atoms with Gasteiger partial charge in [0.2, 0.25) is 0 Å². The third-order valence-electron chi connectivity index (χ3n) is 3.85. The molecule has 0 spiro atoms. The van der Waals surface area contributed by atoms with Gasteiger partial charge in [0.25, 0.3) is 0 Å². The van der Waals surface area contributed by atoms with Crippen molar-refractivity contribution in [2.45, 2.75) is 77.3 Å². The van der Waals surface area contributed by atoms with Crippen LogP contribution in [0.1, 0.15) is 59.3 Å². The molecule has 1 aliphatic rings. The monoisotopic (exact) mass is 180 g/mol. The Labute approximate surface area is 84.6 Å². The largest absolute Gasteiger partial charge is 0.145 e. The third kappa shape index (κ3) is 3.36. The molecule has 0 N–H and O–H groups in total.